The van der Waals surface area contributed by atoms with Crippen LogP contribution in [0.3, 0.4) is 0 Å². The Labute approximate surface area is 190 Å². The van der Waals surface area contributed by atoms with Crippen LogP contribution in [-0.4, -0.2) is 28.4 Å². The van der Waals surface area contributed by atoms with Crippen molar-refractivity contribution >= 4 is 24.2 Å². The van der Waals surface area contributed by atoms with Crippen LogP contribution in [0, 0.1) is 0 Å². The summed E-state index contributed by atoms with van der Waals surface area (Å²) in [6, 6.07) is 20.8. The zero-order valence-electron chi connectivity index (χ0n) is 17.7. The highest BCUT2D eigenvalue weighted by atomic mass is 16.5. The molecule has 0 saturated heterocycles. The molecule has 0 fully saturated rings. The molecule has 1 N–H and O–H groups in total. The van der Waals surface area contributed by atoms with E-state index in [1.54, 1.807) is 67.8 Å². The Bertz CT molecular complexity index is 1270. The number of aromatic nitrogens is 2. The van der Waals surface area contributed by atoms with E-state index >= 15 is 0 Å². The second-order valence-electron chi connectivity index (χ2n) is 6.92. The molecular weight excluding hydrogens is 420 g/mol. The van der Waals surface area contributed by atoms with Crippen molar-refractivity contribution in [3.8, 4) is 28.7 Å². The molecule has 0 aliphatic carbocycles. The number of benzene rings is 3. The van der Waals surface area contributed by atoms with Gasteiger partial charge in [0.1, 0.15) is 17.2 Å². The monoisotopic (exact) mass is 440 g/mol. The van der Waals surface area contributed by atoms with E-state index in [0.29, 0.717) is 23.1 Å². The van der Waals surface area contributed by atoms with E-state index in [2.05, 4.69) is 10.2 Å². The van der Waals surface area contributed by atoms with Crippen LogP contribution < -0.4 is 9.47 Å². The second kappa shape index (κ2) is 10.1. The van der Waals surface area contributed by atoms with Crippen LogP contribution in [0.15, 0.2) is 83.3 Å². The fraction of sp³-hybridized carbons (Fsp3) is 0.0385. The van der Waals surface area contributed by atoms with Gasteiger partial charge in [-0.25, -0.2) is 4.79 Å². The first-order valence-corrected chi connectivity index (χ1v) is 10.0. The average Bonchev–Trinajstić information content (AvgIpc) is 3.32. The van der Waals surface area contributed by atoms with E-state index in [1.165, 1.54) is 6.08 Å². The van der Waals surface area contributed by atoms with Gasteiger partial charge in [-0.05, 0) is 71.8 Å². The van der Waals surface area contributed by atoms with Crippen LogP contribution in [0.1, 0.15) is 17.0 Å². The normalized spacial score (nSPS) is 11.2. The SMILES string of the molecule is COc1ccc(/C=C/c2nnc(-c3ccc(OC(=O)/C=C/c4ccc(O)cc4)cc3)o2)cc1. The molecule has 33 heavy (non-hydrogen) atoms. The molecule has 0 unspecified atom stereocenters. The summed E-state index contributed by atoms with van der Waals surface area (Å²) in [5.41, 5.74) is 2.44. The second-order valence-corrected chi connectivity index (χ2v) is 6.92. The molecule has 7 heteroatoms. The van der Waals surface area contributed by atoms with E-state index in [4.69, 9.17) is 13.9 Å². The molecular formula is C26H20N2O5. The number of carbonyl (C=O) groups excluding carboxylic acids is 1. The van der Waals surface area contributed by atoms with E-state index < -0.39 is 5.97 Å². The van der Waals surface area contributed by atoms with Crippen molar-refractivity contribution in [3.63, 3.8) is 0 Å². The smallest absolute Gasteiger partial charge is 0.336 e. The Morgan fingerprint density at radius 1 is 0.818 bits per heavy atom. The van der Waals surface area contributed by atoms with Crippen molar-refractivity contribution in [1.82, 2.24) is 10.2 Å². The van der Waals surface area contributed by atoms with Crippen molar-refractivity contribution in [2.45, 2.75) is 0 Å². The van der Waals surface area contributed by atoms with Crippen LogP contribution in [0.2, 0.25) is 0 Å². The maximum absolute atomic E-state index is 12.0. The molecule has 4 aromatic rings. The molecule has 3 aromatic carbocycles. The number of carbonyl (C=O) groups is 1. The van der Waals surface area contributed by atoms with E-state index in [0.717, 1.165) is 16.9 Å². The molecule has 0 aliphatic heterocycles. The number of hydrogen-bond acceptors (Lipinski definition) is 7. The quantitative estimate of drug-likeness (QED) is 0.239. The lowest BCUT2D eigenvalue weighted by Crippen LogP contribution is -2.03. The highest BCUT2D eigenvalue weighted by molar-refractivity contribution is 5.88. The number of rotatable bonds is 7. The van der Waals surface area contributed by atoms with Crippen LogP contribution in [0.5, 0.6) is 17.2 Å². The van der Waals surface area contributed by atoms with E-state index in [-0.39, 0.29) is 5.75 Å². The van der Waals surface area contributed by atoms with Crippen molar-refractivity contribution in [2.75, 3.05) is 7.11 Å². The average molecular weight is 440 g/mol. The number of esters is 1. The Balaban J connectivity index is 1.36. The summed E-state index contributed by atoms with van der Waals surface area (Å²) in [4.78, 5) is 12.0. The minimum atomic E-state index is -0.514. The summed E-state index contributed by atoms with van der Waals surface area (Å²) in [5.74, 6) is 1.55. The molecule has 0 atom stereocenters. The molecule has 0 radical (unpaired) electrons. The summed E-state index contributed by atoms with van der Waals surface area (Å²) in [6.45, 7) is 0. The molecule has 1 heterocycles. The van der Waals surface area contributed by atoms with Gasteiger partial charge in [-0.1, -0.05) is 24.3 Å². The standard InChI is InChI=1S/C26H20N2O5/c1-31-22-12-4-19(5-13-22)6-16-24-27-28-26(33-24)20-8-14-23(15-9-20)32-25(30)17-7-18-2-10-21(29)11-3-18/h2-17,29H,1H3/b16-6+,17-7+. The zero-order chi connectivity index (χ0) is 23.0. The minimum absolute atomic E-state index is 0.163. The van der Waals surface area contributed by atoms with Crippen LogP contribution in [0.25, 0.3) is 29.7 Å². The number of methoxy groups -OCH3 is 1. The Morgan fingerprint density at radius 3 is 2.15 bits per heavy atom. The molecule has 164 valence electrons. The molecule has 1 aromatic heterocycles. The third kappa shape index (κ3) is 5.95. The van der Waals surface area contributed by atoms with Gasteiger partial charge in [-0.15, -0.1) is 10.2 Å². The van der Waals surface area contributed by atoms with Gasteiger partial charge in [0.25, 0.3) is 0 Å². The predicted molar refractivity (Wildman–Crippen MR) is 124 cm³/mol. The molecule has 0 spiro atoms. The van der Waals surface area contributed by atoms with Crippen molar-refractivity contribution < 1.29 is 23.8 Å². The summed E-state index contributed by atoms with van der Waals surface area (Å²) >= 11 is 0. The number of nitrogens with zero attached hydrogens (tertiary/aromatic N) is 2. The van der Waals surface area contributed by atoms with Crippen LogP contribution in [0.4, 0.5) is 0 Å². The third-order valence-corrected chi connectivity index (χ3v) is 4.60. The topological polar surface area (TPSA) is 94.7 Å². The van der Waals surface area contributed by atoms with Gasteiger partial charge in [0.05, 0.1) is 7.11 Å². The van der Waals surface area contributed by atoms with Gasteiger partial charge >= 0.3 is 5.97 Å². The fourth-order valence-corrected chi connectivity index (χ4v) is 2.87. The largest absolute Gasteiger partial charge is 0.508 e. The first kappa shape index (κ1) is 21.6. The van der Waals surface area contributed by atoms with Crippen molar-refractivity contribution in [3.05, 3.63) is 95.9 Å². The number of ether oxygens (including phenoxy) is 2. The summed E-state index contributed by atoms with van der Waals surface area (Å²) in [5, 5.41) is 17.4. The number of phenolic OH excluding ortho intramolecular Hbond substituents is 1. The predicted octanol–water partition coefficient (Wildman–Crippen LogP) is 5.24. The highest BCUT2D eigenvalue weighted by Gasteiger charge is 2.08. The molecule has 0 amide bonds. The number of phenols is 1. The van der Waals surface area contributed by atoms with E-state index in [9.17, 15) is 9.90 Å². The fourth-order valence-electron chi connectivity index (χ4n) is 2.87. The lowest BCUT2D eigenvalue weighted by Gasteiger charge is -2.02. The number of hydrogen-bond donors (Lipinski definition) is 1. The molecule has 0 bridgehead atoms. The van der Waals surface area contributed by atoms with Gasteiger partial charge in [0, 0.05) is 17.7 Å². The van der Waals surface area contributed by atoms with E-state index in [1.807, 2.05) is 30.3 Å². The van der Waals surface area contributed by atoms with Gasteiger partial charge in [0.15, 0.2) is 0 Å². The Morgan fingerprint density at radius 2 is 1.45 bits per heavy atom. The first-order valence-electron chi connectivity index (χ1n) is 10.0. The Kier molecular flexibility index (Phi) is 6.61. The van der Waals surface area contributed by atoms with Crippen molar-refractivity contribution in [2.24, 2.45) is 0 Å². The molecule has 0 aliphatic rings. The lowest BCUT2D eigenvalue weighted by molar-refractivity contribution is -0.128. The molecule has 7 nitrogen and oxygen atoms in total. The van der Waals surface area contributed by atoms with Crippen LogP contribution >= 0.6 is 0 Å². The maximum Gasteiger partial charge on any atom is 0.336 e. The Hall–Kier alpha value is -4.65. The van der Waals surface area contributed by atoms with Gasteiger partial charge < -0.3 is 19.0 Å². The van der Waals surface area contributed by atoms with Gasteiger partial charge in [0.2, 0.25) is 11.8 Å². The third-order valence-electron chi connectivity index (χ3n) is 4.60. The first-order chi connectivity index (χ1) is 16.1. The molecule has 0 saturated carbocycles. The molecule has 4 rings (SSSR count). The summed E-state index contributed by atoms with van der Waals surface area (Å²) < 4.78 is 16.1. The van der Waals surface area contributed by atoms with Crippen molar-refractivity contribution in [1.29, 1.82) is 0 Å². The summed E-state index contributed by atoms with van der Waals surface area (Å²) in [7, 11) is 1.62. The lowest BCUT2D eigenvalue weighted by atomic mass is 10.2. The van der Waals surface area contributed by atoms with Crippen LogP contribution in [-0.2, 0) is 4.79 Å². The minimum Gasteiger partial charge on any atom is -0.508 e. The zero-order valence-corrected chi connectivity index (χ0v) is 17.7. The maximum atomic E-state index is 12.0. The van der Waals surface area contributed by atoms with Gasteiger partial charge in [-0.3, -0.25) is 0 Å². The van der Waals surface area contributed by atoms with Gasteiger partial charge in [-0.2, -0.15) is 0 Å². The summed E-state index contributed by atoms with van der Waals surface area (Å²) in [6.07, 6.45) is 6.52. The highest BCUT2D eigenvalue weighted by Crippen LogP contribution is 2.22. The number of aromatic hydroxyl groups is 1.